The summed E-state index contributed by atoms with van der Waals surface area (Å²) in [5.41, 5.74) is 8.07. The summed E-state index contributed by atoms with van der Waals surface area (Å²) in [6.07, 6.45) is 6.94. The van der Waals surface area contributed by atoms with Crippen LogP contribution in [0.25, 0.3) is 34.9 Å². The van der Waals surface area contributed by atoms with Gasteiger partial charge in [-0.1, -0.05) is 5.16 Å². The minimum atomic E-state index is 0.115. The van der Waals surface area contributed by atoms with Gasteiger partial charge in [0.1, 0.15) is 5.69 Å². The number of aromatic nitrogens is 6. The molecule has 118 valence electrons. The molecule has 0 aliphatic carbocycles. The molecule has 1 aliphatic heterocycles. The molecule has 0 saturated carbocycles. The van der Waals surface area contributed by atoms with Crippen LogP contribution < -0.4 is 21.4 Å². The van der Waals surface area contributed by atoms with Crippen molar-refractivity contribution in [3.8, 4) is 11.5 Å². The summed E-state index contributed by atoms with van der Waals surface area (Å²) in [5, 5.41) is 14.8. The monoisotopic (exact) mass is 322 g/mol. The maximum absolute atomic E-state index is 5.85. The normalized spacial score (nSPS) is 13.6. The van der Waals surface area contributed by atoms with Crippen molar-refractivity contribution in [3.05, 3.63) is 35.2 Å². The first-order valence-corrected chi connectivity index (χ1v) is 7.12. The Labute approximate surface area is 133 Å². The number of nitrogens with zero attached hydrogens (tertiary/aromatic N) is 7. The van der Waals surface area contributed by atoms with Gasteiger partial charge in [0.25, 0.3) is 0 Å². The fourth-order valence-corrected chi connectivity index (χ4v) is 2.61. The van der Waals surface area contributed by atoms with Crippen LogP contribution in [0.3, 0.4) is 0 Å². The second-order valence-corrected chi connectivity index (χ2v) is 5.16. The molecule has 0 saturated heterocycles. The number of fused-ring (bicyclic) bond motifs is 2. The van der Waals surface area contributed by atoms with Crippen molar-refractivity contribution in [1.29, 1.82) is 0 Å². The van der Waals surface area contributed by atoms with E-state index in [0.29, 0.717) is 29.2 Å². The van der Waals surface area contributed by atoms with Crippen LogP contribution in [0.2, 0.25) is 0 Å². The lowest BCUT2D eigenvalue weighted by atomic mass is 10.3. The van der Waals surface area contributed by atoms with E-state index in [2.05, 4.69) is 25.4 Å². The fourth-order valence-electron chi connectivity index (χ4n) is 2.61. The number of nitrogens with two attached hydrogens (primary N) is 1. The molecule has 0 atom stereocenters. The molecule has 0 unspecified atom stereocenters. The third kappa shape index (κ3) is 1.79. The van der Waals surface area contributed by atoms with Crippen LogP contribution in [0.5, 0.6) is 0 Å². The van der Waals surface area contributed by atoms with Crippen LogP contribution in [0.15, 0.2) is 33.5 Å². The van der Waals surface area contributed by atoms with Crippen molar-refractivity contribution in [1.82, 2.24) is 30.2 Å². The highest BCUT2D eigenvalue weighted by Crippen LogP contribution is 2.25. The van der Waals surface area contributed by atoms with E-state index in [1.807, 2.05) is 17.3 Å². The van der Waals surface area contributed by atoms with Crippen LogP contribution in [0, 0.1) is 0 Å². The summed E-state index contributed by atoms with van der Waals surface area (Å²) in [4.78, 5) is 10.1. The van der Waals surface area contributed by atoms with Crippen LogP contribution >= 0.6 is 0 Å². The third-order valence-corrected chi connectivity index (χ3v) is 3.68. The Kier molecular flexibility index (Phi) is 2.48. The van der Waals surface area contributed by atoms with Gasteiger partial charge in [-0.3, -0.25) is 5.01 Å². The molecule has 5 rings (SSSR count). The summed E-state index contributed by atoms with van der Waals surface area (Å²) in [6.45, 7) is 0.528. The first-order chi connectivity index (χ1) is 11.8. The van der Waals surface area contributed by atoms with E-state index < -0.39 is 0 Å². The maximum Gasteiger partial charge on any atom is 0.222 e. The van der Waals surface area contributed by atoms with Crippen LogP contribution in [-0.2, 0) is 0 Å². The minimum Gasteiger partial charge on any atom is -0.463 e. The molecule has 24 heavy (non-hydrogen) atoms. The summed E-state index contributed by atoms with van der Waals surface area (Å²) in [5.74, 6) is 0.667. The molecule has 4 aromatic rings. The molecule has 0 spiro atoms. The smallest absolute Gasteiger partial charge is 0.222 e. The van der Waals surface area contributed by atoms with E-state index in [-0.39, 0.29) is 5.95 Å². The van der Waals surface area contributed by atoms with Gasteiger partial charge in [0.2, 0.25) is 11.6 Å². The fraction of sp³-hybridized carbons (Fsp3) is 0.0714. The molecule has 0 fully saturated rings. The molecule has 1 aliphatic rings. The molecule has 2 N–H and O–H groups in total. The lowest BCUT2D eigenvalue weighted by Gasteiger charge is -2.18. The van der Waals surface area contributed by atoms with Crippen LogP contribution in [0.4, 0.5) is 5.95 Å². The van der Waals surface area contributed by atoms with E-state index in [1.54, 1.807) is 29.4 Å². The lowest BCUT2D eigenvalue weighted by molar-refractivity contribution is 0.392. The summed E-state index contributed by atoms with van der Waals surface area (Å²) >= 11 is 0. The molecule has 0 amide bonds. The largest absolute Gasteiger partial charge is 0.463 e. The molecule has 10 nitrogen and oxygen atoms in total. The minimum absolute atomic E-state index is 0.115. The van der Waals surface area contributed by atoms with Gasteiger partial charge in [0, 0.05) is 6.20 Å². The van der Waals surface area contributed by atoms with E-state index >= 15 is 0 Å². The summed E-state index contributed by atoms with van der Waals surface area (Å²) < 4.78 is 10.5. The third-order valence-electron chi connectivity index (χ3n) is 3.68. The highest BCUT2D eigenvalue weighted by atomic mass is 16.5. The Morgan fingerprint density at radius 1 is 1.25 bits per heavy atom. The number of furan rings is 1. The lowest BCUT2D eigenvalue weighted by Crippen LogP contribution is -2.39. The SMILES string of the molecule is Nc1nc(-c2ccco2)c2nnn(N3C=c4cnoc4=CC3)c2n1. The van der Waals surface area contributed by atoms with E-state index in [1.165, 1.54) is 0 Å². The number of hydrogen-bond donors (Lipinski definition) is 1. The predicted molar refractivity (Wildman–Crippen MR) is 83.0 cm³/mol. The van der Waals surface area contributed by atoms with Gasteiger partial charge in [-0.2, -0.15) is 4.98 Å². The Balaban J connectivity index is 1.71. The van der Waals surface area contributed by atoms with E-state index in [4.69, 9.17) is 14.7 Å². The topological polar surface area (TPSA) is 125 Å². The first kappa shape index (κ1) is 12.8. The Bertz CT molecular complexity index is 1160. The van der Waals surface area contributed by atoms with Gasteiger partial charge < -0.3 is 14.7 Å². The molecular weight excluding hydrogens is 312 g/mol. The Hall–Kier alpha value is -3.69. The highest BCUT2D eigenvalue weighted by molar-refractivity contribution is 5.86. The Morgan fingerprint density at radius 2 is 2.21 bits per heavy atom. The zero-order valence-corrected chi connectivity index (χ0v) is 12.2. The summed E-state index contributed by atoms with van der Waals surface area (Å²) in [6, 6.07) is 3.55. The second kappa shape index (κ2) is 4.65. The van der Waals surface area contributed by atoms with Gasteiger partial charge in [-0.15, -0.1) is 9.89 Å². The standard InChI is InChI=1S/C14H10N8O2/c15-14-17-11(10-2-1-5-23-10)12-13(18-14)22(20-19-12)21-4-3-9-8(7-21)6-16-24-9/h1-3,5-7H,4H2,(H2,15,17,18). The quantitative estimate of drug-likeness (QED) is 0.506. The average Bonchev–Trinajstić information content (AvgIpc) is 3.33. The van der Waals surface area contributed by atoms with Gasteiger partial charge in [-0.05, 0) is 23.4 Å². The molecule has 0 bridgehead atoms. The van der Waals surface area contributed by atoms with E-state index in [0.717, 1.165) is 10.6 Å². The van der Waals surface area contributed by atoms with Gasteiger partial charge in [0.15, 0.2) is 16.7 Å². The average molecular weight is 322 g/mol. The molecule has 10 heteroatoms. The maximum atomic E-state index is 5.85. The van der Waals surface area contributed by atoms with Gasteiger partial charge in [-0.25, -0.2) is 4.98 Å². The van der Waals surface area contributed by atoms with Crippen LogP contribution in [-0.4, -0.2) is 36.8 Å². The number of anilines is 1. The van der Waals surface area contributed by atoms with Crippen molar-refractivity contribution < 1.29 is 8.94 Å². The highest BCUT2D eigenvalue weighted by Gasteiger charge is 2.20. The van der Waals surface area contributed by atoms with Gasteiger partial charge >= 0.3 is 0 Å². The van der Waals surface area contributed by atoms with Crippen molar-refractivity contribution >= 4 is 29.4 Å². The number of hydrogen-bond acceptors (Lipinski definition) is 9. The molecular formula is C14H10N8O2. The molecule has 4 aromatic heterocycles. The zero-order valence-electron chi connectivity index (χ0n) is 12.2. The summed E-state index contributed by atoms with van der Waals surface area (Å²) in [7, 11) is 0. The van der Waals surface area contributed by atoms with E-state index in [9.17, 15) is 0 Å². The zero-order chi connectivity index (χ0) is 16.1. The molecule has 5 heterocycles. The Morgan fingerprint density at radius 3 is 3.08 bits per heavy atom. The predicted octanol–water partition coefficient (Wildman–Crippen LogP) is -0.778. The molecule has 0 radical (unpaired) electrons. The van der Waals surface area contributed by atoms with Crippen molar-refractivity contribution in [2.75, 3.05) is 17.3 Å². The second-order valence-electron chi connectivity index (χ2n) is 5.16. The first-order valence-electron chi connectivity index (χ1n) is 7.12. The van der Waals surface area contributed by atoms with Crippen LogP contribution in [0.1, 0.15) is 0 Å². The number of nitrogen functional groups attached to an aromatic ring is 1. The van der Waals surface area contributed by atoms with Crippen molar-refractivity contribution in [2.24, 2.45) is 0 Å². The van der Waals surface area contributed by atoms with Gasteiger partial charge in [0.05, 0.1) is 24.2 Å². The van der Waals surface area contributed by atoms with Crippen molar-refractivity contribution in [3.63, 3.8) is 0 Å². The molecule has 0 aromatic carbocycles. The van der Waals surface area contributed by atoms with Crippen molar-refractivity contribution in [2.45, 2.75) is 0 Å². The number of rotatable bonds is 2.